The van der Waals surface area contributed by atoms with E-state index in [1.54, 1.807) is 17.0 Å². The third-order valence-electron chi connectivity index (χ3n) is 6.69. The molecule has 1 fully saturated rings. The summed E-state index contributed by atoms with van der Waals surface area (Å²) in [5, 5.41) is 12.7. The number of rotatable bonds is 5. The van der Waals surface area contributed by atoms with Crippen molar-refractivity contribution in [2.24, 2.45) is 5.41 Å². The Morgan fingerprint density at radius 3 is 2.83 bits per heavy atom. The number of hydrogen-bond acceptors (Lipinski definition) is 5. The van der Waals surface area contributed by atoms with E-state index in [9.17, 15) is 9.90 Å². The summed E-state index contributed by atoms with van der Waals surface area (Å²) < 4.78 is 3.47. The second-order valence-electron chi connectivity index (χ2n) is 8.09. The topological polar surface area (TPSA) is 72.9 Å². The SMILES string of the molecule is C=CCn1c(=O)c2cnc(SC)nc2n1-c1ccc2c(c1)C(O)(CC)C1(CC1)C2. The largest absolute Gasteiger partial charge is 0.385 e. The number of aromatic nitrogens is 4. The average molecular weight is 409 g/mol. The van der Waals surface area contributed by atoms with Crippen molar-refractivity contribution in [2.45, 2.75) is 49.9 Å². The molecule has 0 amide bonds. The molecule has 0 bridgehead atoms. The zero-order valence-corrected chi connectivity index (χ0v) is 17.5. The van der Waals surface area contributed by atoms with Gasteiger partial charge in [-0.1, -0.05) is 30.8 Å². The molecule has 1 N–H and O–H groups in total. The van der Waals surface area contributed by atoms with E-state index in [4.69, 9.17) is 0 Å². The minimum atomic E-state index is -0.801. The molecule has 29 heavy (non-hydrogen) atoms. The number of thioether (sulfide) groups is 1. The van der Waals surface area contributed by atoms with E-state index in [-0.39, 0.29) is 11.0 Å². The lowest BCUT2D eigenvalue weighted by atomic mass is 9.82. The zero-order chi connectivity index (χ0) is 20.4. The van der Waals surface area contributed by atoms with Crippen LogP contribution in [0.2, 0.25) is 0 Å². The van der Waals surface area contributed by atoms with Crippen LogP contribution in [0, 0.1) is 5.41 Å². The molecule has 1 unspecified atom stereocenters. The summed E-state index contributed by atoms with van der Waals surface area (Å²) in [7, 11) is 0. The van der Waals surface area contributed by atoms with Crippen molar-refractivity contribution in [3.63, 3.8) is 0 Å². The van der Waals surface area contributed by atoms with Crippen molar-refractivity contribution in [3.8, 4) is 5.69 Å². The van der Waals surface area contributed by atoms with Crippen molar-refractivity contribution in [1.82, 2.24) is 19.3 Å². The Hall–Kier alpha value is -2.38. The zero-order valence-electron chi connectivity index (χ0n) is 16.7. The van der Waals surface area contributed by atoms with Crippen LogP contribution in [0.25, 0.3) is 16.7 Å². The molecule has 1 spiro atoms. The second-order valence-corrected chi connectivity index (χ2v) is 8.87. The maximum atomic E-state index is 13.0. The van der Waals surface area contributed by atoms with Crippen molar-refractivity contribution in [2.75, 3.05) is 6.26 Å². The lowest BCUT2D eigenvalue weighted by Crippen LogP contribution is -2.32. The first-order valence-corrected chi connectivity index (χ1v) is 11.2. The van der Waals surface area contributed by atoms with E-state index in [1.807, 2.05) is 23.1 Å². The fourth-order valence-electron chi connectivity index (χ4n) is 5.00. The predicted molar refractivity (Wildman–Crippen MR) is 115 cm³/mol. The highest BCUT2D eigenvalue weighted by Gasteiger charge is 2.62. The maximum Gasteiger partial charge on any atom is 0.278 e. The predicted octanol–water partition coefficient (Wildman–Crippen LogP) is 3.42. The van der Waals surface area contributed by atoms with Crippen LogP contribution in [-0.4, -0.2) is 30.7 Å². The van der Waals surface area contributed by atoms with E-state index in [0.717, 1.165) is 30.5 Å². The third kappa shape index (κ3) is 2.43. The molecule has 1 aromatic carbocycles. The Morgan fingerprint density at radius 2 is 2.17 bits per heavy atom. The van der Waals surface area contributed by atoms with E-state index < -0.39 is 5.60 Å². The Balaban J connectivity index is 1.77. The van der Waals surface area contributed by atoms with Gasteiger partial charge in [-0.2, -0.15) is 0 Å². The number of allylic oxidation sites excluding steroid dienone is 1. The number of fused-ring (bicyclic) bond motifs is 2. The van der Waals surface area contributed by atoms with Crippen LogP contribution in [0.5, 0.6) is 0 Å². The molecule has 6 nitrogen and oxygen atoms in total. The van der Waals surface area contributed by atoms with Crippen molar-refractivity contribution in [1.29, 1.82) is 0 Å². The molecule has 1 saturated carbocycles. The maximum absolute atomic E-state index is 13.0. The molecule has 0 radical (unpaired) electrons. The molecular formula is C22H24N4O2S. The van der Waals surface area contributed by atoms with Crippen LogP contribution >= 0.6 is 11.8 Å². The van der Waals surface area contributed by atoms with Gasteiger partial charge in [0.15, 0.2) is 10.8 Å². The molecule has 0 saturated heterocycles. The minimum Gasteiger partial charge on any atom is -0.385 e. The van der Waals surface area contributed by atoms with Gasteiger partial charge in [0.1, 0.15) is 5.39 Å². The Labute approximate surface area is 173 Å². The molecule has 2 aliphatic carbocycles. The Morgan fingerprint density at radius 1 is 1.38 bits per heavy atom. The van der Waals surface area contributed by atoms with Crippen LogP contribution < -0.4 is 5.56 Å². The van der Waals surface area contributed by atoms with Crippen LogP contribution in [-0.2, 0) is 18.6 Å². The third-order valence-corrected chi connectivity index (χ3v) is 7.25. The van der Waals surface area contributed by atoms with Crippen molar-refractivity contribution < 1.29 is 5.11 Å². The summed E-state index contributed by atoms with van der Waals surface area (Å²) in [6.45, 7) is 6.22. The summed E-state index contributed by atoms with van der Waals surface area (Å²) in [5.74, 6) is 0. The molecule has 7 heteroatoms. The number of benzene rings is 1. The van der Waals surface area contributed by atoms with Gasteiger partial charge < -0.3 is 5.11 Å². The lowest BCUT2D eigenvalue weighted by Gasteiger charge is -2.30. The molecule has 2 aliphatic rings. The molecular weight excluding hydrogens is 384 g/mol. The quantitative estimate of drug-likeness (QED) is 0.398. The summed E-state index contributed by atoms with van der Waals surface area (Å²) >= 11 is 1.44. The monoisotopic (exact) mass is 408 g/mol. The summed E-state index contributed by atoms with van der Waals surface area (Å²) in [6.07, 6.45) is 8.97. The first-order valence-electron chi connectivity index (χ1n) is 9.97. The average Bonchev–Trinajstić information content (AvgIpc) is 3.42. The number of hydrogen-bond donors (Lipinski definition) is 1. The summed E-state index contributed by atoms with van der Waals surface area (Å²) in [6, 6.07) is 6.17. The van der Waals surface area contributed by atoms with Gasteiger partial charge in [-0.15, -0.1) is 6.58 Å². The Kier molecular flexibility index (Phi) is 4.05. The van der Waals surface area contributed by atoms with Gasteiger partial charge in [-0.05, 0) is 55.2 Å². The van der Waals surface area contributed by atoms with Gasteiger partial charge in [-0.3, -0.25) is 4.79 Å². The molecule has 0 aliphatic heterocycles. The van der Waals surface area contributed by atoms with Gasteiger partial charge in [0.25, 0.3) is 5.56 Å². The molecule has 2 aromatic heterocycles. The highest BCUT2D eigenvalue weighted by molar-refractivity contribution is 7.98. The summed E-state index contributed by atoms with van der Waals surface area (Å²) in [4.78, 5) is 21.9. The molecule has 3 aromatic rings. The molecule has 1 atom stereocenters. The highest BCUT2D eigenvalue weighted by atomic mass is 32.2. The Bertz CT molecular complexity index is 1210. The van der Waals surface area contributed by atoms with E-state index in [2.05, 4.69) is 29.5 Å². The fourth-order valence-corrected chi connectivity index (χ4v) is 5.33. The van der Waals surface area contributed by atoms with E-state index in [0.29, 0.717) is 29.2 Å². The van der Waals surface area contributed by atoms with Crippen molar-refractivity contribution in [3.05, 3.63) is 58.5 Å². The highest BCUT2D eigenvalue weighted by Crippen LogP contribution is 2.66. The molecule has 2 heterocycles. The molecule has 150 valence electrons. The van der Waals surface area contributed by atoms with Gasteiger partial charge in [0.05, 0.1) is 17.8 Å². The van der Waals surface area contributed by atoms with E-state index in [1.165, 1.54) is 17.3 Å². The van der Waals surface area contributed by atoms with Crippen LogP contribution in [0.1, 0.15) is 37.3 Å². The van der Waals surface area contributed by atoms with E-state index >= 15 is 0 Å². The van der Waals surface area contributed by atoms with Gasteiger partial charge >= 0.3 is 0 Å². The van der Waals surface area contributed by atoms with Gasteiger partial charge in [0, 0.05) is 11.6 Å². The number of aliphatic hydroxyl groups is 1. The second kappa shape index (κ2) is 6.31. The van der Waals surface area contributed by atoms with Gasteiger partial charge in [-0.25, -0.2) is 19.3 Å². The van der Waals surface area contributed by atoms with Crippen molar-refractivity contribution >= 4 is 22.8 Å². The van der Waals surface area contributed by atoms with Crippen LogP contribution in [0.15, 0.2) is 47.0 Å². The standard InChI is InChI=1S/C22H24N4O2S/c1-4-10-25-19(27)16-13-23-20(29-3)24-18(16)26(25)15-7-6-14-12-21(8-9-21)22(28,5-2)17(14)11-15/h4,6-7,11,13,28H,1,5,8-10,12H2,2-3H3. The summed E-state index contributed by atoms with van der Waals surface area (Å²) in [5.41, 5.74) is 2.67. The van der Waals surface area contributed by atoms with Crippen LogP contribution in [0.4, 0.5) is 0 Å². The molecule has 5 rings (SSSR count). The smallest absolute Gasteiger partial charge is 0.278 e. The number of nitrogens with zero attached hydrogens (tertiary/aromatic N) is 4. The first-order chi connectivity index (χ1) is 14.0. The lowest BCUT2D eigenvalue weighted by molar-refractivity contribution is -0.0290. The van der Waals surface area contributed by atoms with Crippen LogP contribution in [0.3, 0.4) is 0 Å². The minimum absolute atomic E-state index is 0.00354. The van der Waals surface area contributed by atoms with Gasteiger partial charge in [0.2, 0.25) is 0 Å². The normalized spacial score (nSPS) is 21.6. The first kappa shape index (κ1) is 18.6. The fraction of sp³-hybridized carbons (Fsp3) is 0.409.